The Labute approximate surface area is 114 Å². The molecule has 2 nitrogen and oxygen atoms in total. The predicted molar refractivity (Wildman–Crippen MR) is 78.9 cm³/mol. The predicted octanol–water partition coefficient (Wildman–Crippen LogP) is 3.28. The third-order valence-corrected chi connectivity index (χ3v) is 4.98. The van der Waals surface area contributed by atoms with Crippen LogP contribution >= 0.6 is 0 Å². The van der Waals surface area contributed by atoms with Gasteiger partial charge in [-0.25, -0.2) is 0 Å². The zero-order valence-electron chi connectivity index (χ0n) is 12.5. The summed E-state index contributed by atoms with van der Waals surface area (Å²) in [6, 6.07) is 0.806. The van der Waals surface area contributed by atoms with Crippen LogP contribution in [0.4, 0.5) is 0 Å². The van der Waals surface area contributed by atoms with Crippen LogP contribution in [0.3, 0.4) is 0 Å². The molecule has 3 atom stereocenters. The van der Waals surface area contributed by atoms with Gasteiger partial charge in [0.25, 0.3) is 0 Å². The van der Waals surface area contributed by atoms with E-state index in [0.29, 0.717) is 0 Å². The highest BCUT2D eigenvalue weighted by atomic mass is 15.1. The molecule has 0 aromatic carbocycles. The van der Waals surface area contributed by atoms with Crippen LogP contribution in [0, 0.1) is 11.8 Å². The first-order valence-corrected chi connectivity index (χ1v) is 8.23. The molecule has 2 fully saturated rings. The summed E-state index contributed by atoms with van der Waals surface area (Å²) in [5.41, 5.74) is 0. The van der Waals surface area contributed by atoms with E-state index in [1.807, 2.05) is 0 Å². The summed E-state index contributed by atoms with van der Waals surface area (Å²) < 4.78 is 0. The Balaban J connectivity index is 1.59. The van der Waals surface area contributed by atoms with Gasteiger partial charge in [0.05, 0.1) is 0 Å². The Morgan fingerprint density at radius 1 is 1.17 bits per heavy atom. The van der Waals surface area contributed by atoms with Crippen LogP contribution in [0.25, 0.3) is 0 Å². The molecular weight excluding hydrogens is 220 g/mol. The molecule has 1 saturated heterocycles. The molecule has 1 saturated carbocycles. The third-order valence-electron chi connectivity index (χ3n) is 4.98. The van der Waals surface area contributed by atoms with Crippen LogP contribution in [0.15, 0.2) is 0 Å². The SMILES string of the molecule is CCC1CCCN(CCNC2CCCC(C)C2)C1. The van der Waals surface area contributed by atoms with Gasteiger partial charge in [-0.05, 0) is 44.1 Å². The maximum atomic E-state index is 3.79. The summed E-state index contributed by atoms with van der Waals surface area (Å²) in [5.74, 6) is 1.91. The van der Waals surface area contributed by atoms with Crippen molar-refractivity contribution in [3.63, 3.8) is 0 Å². The van der Waals surface area contributed by atoms with Crippen molar-refractivity contribution in [3.05, 3.63) is 0 Å². The van der Waals surface area contributed by atoms with Crippen molar-refractivity contribution >= 4 is 0 Å². The summed E-state index contributed by atoms with van der Waals surface area (Å²) in [6.45, 7) is 9.90. The Hall–Kier alpha value is -0.0800. The molecule has 106 valence electrons. The quantitative estimate of drug-likeness (QED) is 0.808. The molecule has 2 heteroatoms. The highest BCUT2D eigenvalue weighted by Gasteiger charge is 2.20. The van der Waals surface area contributed by atoms with Crippen molar-refractivity contribution in [1.29, 1.82) is 0 Å². The Morgan fingerprint density at radius 3 is 2.83 bits per heavy atom. The van der Waals surface area contributed by atoms with Crippen LogP contribution in [-0.4, -0.2) is 37.1 Å². The van der Waals surface area contributed by atoms with Crippen molar-refractivity contribution in [1.82, 2.24) is 10.2 Å². The first-order valence-electron chi connectivity index (χ1n) is 8.23. The van der Waals surface area contributed by atoms with E-state index in [0.717, 1.165) is 17.9 Å². The summed E-state index contributed by atoms with van der Waals surface area (Å²) in [5, 5.41) is 3.79. The van der Waals surface area contributed by atoms with Crippen molar-refractivity contribution in [2.24, 2.45) is 11.8 Å². The van der Waals surface area contributed by atoms with Gasteiger partial charge in [-0.15, -0.1) is 0 Å². The van der Waals surface area contributed by atoms with Crippen LogP contribution in [0.2, 0.25) is 0 Å². The van der Waals surface area contributed by atoms with E-state index in [1.54, 1.807) is 0 Å². The van der Waals surface area contributed by atoms with Crippen LogP contribution in [0.1, 0.15) is 58.8 Å². The average Bonchev–Trinajstić information content (AvgIpc) is 2.39. The minimum absolute atomic E-state index is 0.806. The molecule has 2 aliphatic rings. The van der Waals surface area contributed by atoms with Gasteiger partial charge in [-0.1, -0.05) is 33.1 Å². The highest BCUT2D eigenvalue weighted by molar-refractivity contribution is 4.77. The molecule has 1 N–H and O–H groups in total. The molecule has 1 aliphatic carbocycles. The van der Waals surface area contributed by atoms with Gasteiger partial charge in [-0.3, -0.25) is 0 Å². The van der Waals surface area contributed by atoms with E-state index < -0.39 is 0 Å². The number of hydrogen-bond donors (Lipinski definition) is 1. The number of rotatable bonds is 5. The van der Waals surface area contributed by atoms with Gasteiger partial charge >= 0.3 is 0 Å². The second kappa shape index (κ2) is 7.49. The van der Waals surface area contributed by atoms with Gasteiger partial charge in [0.15, 0.2) is 0 Å². The maximum absolute atomic E-state index is 3.79. The fourth-order valence-electron chi connectivity index (χ4n) is 3.73. The number of hydrogen-bond acceptors (Lipinski definition) is 2. The monoisotopic (exact) mass is 252 g/mol. The molecular formula is C16H32N2. The molecule has 0 aromatic heterocycles. The largest absolute Gasteiger partial charge is 0.313 e. The van der Waals surface area contributed by atoms with Crippen LogP contribution < -0.4 is 5.32 Å². The second-order valence-corrected chi connectivity index (χ2v) is 6.64. The summed E-state index contributed by atoms with van der Waals surface area (Å²) in [6.07, 6.45) is 9.92. The molecule has 18 heavy (non-hydrogen) atoms. The fraction of sp³-hybridized carbons (Fsp3) is 1.00. The molecule has 3 unspecified atom stereocenters. The number of nitrogens with one attached hydrogen (secondary N) is 1. The first kappa shape index (κ1) is 14.3. The van der Waals surface area contributed by atoms with E-state index in [2.05, 4.69) is 24.1 Å². The van der Waals surface area contributed by atoms with Gasteiger partial charge in [0.2, 0.25) is 0 Å². The number of piperidine rings is 1. The Kier molecular flexibility index (Phi) is 5.97. The summed E-state index contributed by atoms with van der Waals surface area (Å²) >= 11 is 0. The van der Waals surface area contributed by atoms with E-state index in [4.69, 9.17) is 0 Å². The van der Waals surface area contributed by atoms with E-state index in [-0.39, 0.29) is 0 Å². The van der Waals surface area contributed by atoms with Gasteiger partial charge < -0.3 is 10.2 Å². The molecule has 2 rings (SSSR count). The average molecular weight is 252 g/mol. The smallest absolute Gasteiger partial charge is 0.0107 e. The molecule has 0 bridgehead atoms. The van der Waals surface area contributed by atoms with Crippen molar-refractivity contribution in [2.45, 2.75) is 64.8 Å². The lowest BCUT2D eigenvalue weighted by Gasteiger charge is -2.33. The molecule has 0 amide bonds. The van der Waals surface area contributed by atoms with Gasteiger partial charge in [-0.2, -0.15) is 0 Å². The standard InChI is InChI=1S/C16H32N2/c1-3-15-7-5-10-18(13-15)11-9-17-16-8-4-6-14(2)12-16/h14-17H,3-13H2,1-2H3. The zero-order valence-corrected chi connectivity index (χ0v) is 12.5. The molecule has 0 aromatic rings. The van der Waals surface area contributed by atoms with Gasteiger partial charge in [0.1, 0.15) is 0 Å². The topological polar surface area (TPSA) is 15.3 Å². The van der Waals surface area contributed by atoms with Gasteiger partial charge in [0, 0.05) is 25.7 Å². The molecule has 1 heterocycles. The second-order valence-electron chi connectivity index (χ2n) is 6.64. The summed E-state index contributed by atoms with van der Waals surface area (Å²) in [4.78, 5) is 2.68. The highest BCUT2D eigenvalue weighted by Crippen LogP contribution is 2.23. The summed E-state index contributed by atoms with van der Waals surface area (Å²) in [7, 11) is 0. The lowest BCUT2D eigenvalue weighted by atomic mass is 9.87. The third kappa shape index (κ3) is 4.55. The number of nitrogens with zero attached hydrogens (tertiary/aromatic N) is 1. The van der Waals surface area contributed by atoms with Crippen molar-refractivity contribution in [2.75, 3.05) is 26.2 Å². The first-order chi connectivity index (χ1) is 8.78. The van der Waals surface area contributed by atoms with E-state index in [1.165, 1.54) is 71.1 Å². The molecule has 0 spiro atoms. The minimum atomic E-state index is 0.806. The van der Waals surface area contributed by atoms with Crippen molar-refractivity contribution < 1.29 is 0 Å². The lowest BCUT2D eigenvalue weighted by Crippen LogP contribution is -2.42. The minimum Gasteiger partial charge on any atom is -0.313 e. The maximum Gasteiger partial charge on any atom is 0.0107 e. The van der Waals surface area contributed by atoms with E-state index >= 15 is 0 Å². The Morgan fingerprint density at radius 2 is 2.06 bits per heavy atom. The molecule has 1 aliphatic heterocycles. The number of likely N-dealkylation sites (tertiary alicyclic amines) is 1. The fourth-order valence-corrected chi connectivity index (χ4v) is 3.73. The van der Waals surface area contributed by atoms with Crippen LogP contribution in [0.5, 0.6) is 0 Å². The van der Waals surface area contributed by atoms with Crippen molar-refractivity contribution in [3.8, 4) is 0 Å². The van der Waals surface area contributed by atoms with Crippen LogP contribution in [-0.2, 0) is 0 Å². The zero-order chi connectivity index (χ0) is 12.8. The molecule has 0 radical (unpaired) electrons. The normalized spacial score (nSPS) is 34.7. The lowest BCUT2D eigenvalue weighted by molar-refractivity contribution is 0.168. The van der Waals surface area contributed by atoms with E-state index in [9.17, 15) is 0 Å². The Bertz CT molecular complexity index is 229.